The summed E-state index contributed by atoms with van der Waals surface area (Å²) in [5.74, 6) is 1.51. The molecule has 0 radical (unpaired) electrons. The molecule has 1 aliphatic heterocycles. The number of carbonyl (C=O) groups excluding carboxylic acids is 1. The highest BCUT2D eigenvalue weighted by Crippen LogP contribution is 2.27. The summed E-state index contributed by atoms with van der Waals surface area (Å²) < 4.78 is 33.1. The van der Waals surface area contributed by atoms with Crippen molar-refractivity contribution in [2.24, 2.45) is 0 Å². The van der Waals surface area contributed by atoms with E-state index in [0.29, 0.717) is 30.9 Å². The Kier molecular flexibility index (Phi) is 6.27. The van der Waals surface area contributed by atoms with Crippen LogP contribution in [0.5, 0.6) is 11.5 Å². The minimum absolute atomic E-state index is 0.0545. The highest BCUT2D eigenvalue weighted by molar-refractivity contribution is 7.91. The van der Waals surface area contributed by atoms with Gasteiger partial charge in [-0.15, -0.1) is 0 Å². The second-order valence-electron chi connectivity index (χ2n) is 5.56. The predicted octanol–water partition coefficient (Wildman–Crippen LogP) is 0.237. The van der Waals surface area contributed by atoms with Gasteiger partial charge in [0, 0.05) is 12.6 Å². The van der Waals surface area contributed by atoms with Crippen LogP contribution in [0, 0.1) is 0 Å². The molecule has 1 saturated heterocycles. The number of urea groups is 1. The van der Waals surface area contributed by atoms with E-state index in [9.17, 15) is 13.2 Å². The molecular weight excluding hydrogens is 334 g/mol. The quantitative estimate of drug-likeness (QED) is 0.604. The van der Waals surface area contributed by atoms with E-state index in [4.69, 9.17) is 9.47 Å². The van der Waals surface area contributed by atoms with Gasteiger partial charge in [-0.25, -0.2) is 18.6 Å². The van der Waals surface area contributed by atoms with Gasteiger partial charge in [0.25, 0.3) is 0 Å². The van der Waals surface area contributed by atoms with E-state index in [-0.39, 0.29) is 23.6 Å². The summed E-state index contributed by atoms with van der Waals surface area (Å²) in [5, 5.41) is 2.71. The summed E-state index contributed by atoms with van der Waals surface area (Å²) in [6.45, 7) is 0.436. The summed E-state index contributed by atoms with van der Waals surface area (Å²) in [6.07, 6.45) is 1.14. The average Bonchev–Trinajstić information content (AvgIpc) is 2.92. The Bertz CT molecular complexity index is 678. The molecule has 24 heavy (non-hydrogen) atoms. The molecule has 9 heteroatoms. The molecule has 1 atom stereocenters. The Morgan fingerprint density at radius 2 is 2.00 bits per heavy atom. The van der Waals surface area contributed by atoms with E-state index in [2.05, 4.69) is 16.2 Å². The standard InChI is InChI=1S/C15H23N3O5S/c1-22-13-4-3-11(9-14(13)23-2)5-7-16-15(19)18-17-12-6-8-24(20,21)10-12/h3-4,9,12,17H,5-8,10H2,1-2H3,(H2,16,18,19)/t12-/m1/s1. The molecule has 0 bridgehead atoms. The fraction of sp³-hybridized carbons (Fsp3) is 0.533. The van der Waals surface area contributed by atoms with E-state index >= 15 is 0 Å². The molecule has 0 aliphatic carbocycles. The molecule has 8 nitrogen and oxygen atoms in total. The lowest BCUT2D eigenvalue weighted by Gasteiger charge is -2.13. The van der Waals surface area contributed by atoms with Gasteiger partial charge in [0.05, 0.1) is 25.7 Å². The molecule has 1 fully saturated rings. The van der Waals surface area contributed by atoms with Gasteiger partial charge in [0.15, 0.2) is 21.3 Å². The molecule has 0 saturated carbocycles. The van der Waals surface area contributed by atoms with Gasteiger partial charge in [-0.2, -0.15) is 0 Å². The van der Waals surface area contributed by atoms with Gasteiger partial charge in [0.2, 0.25) is 0 Å². The van der Waals surface area contributed by atoms with Crippen LogP contribution < -0.4 is 25.6 Å². The maximum atomic E-state index is 11.7. The number of sulfone groups is 1. The van der Waals surface area contributed by atoms with Gasteiger partial charge >= 0.3 is 6.03 Å². The number of methoxy groups -OCH3 is 2. The van der Waals surface area contributed by atoms with Crippen LogP contribution in [0.25, 0.3) is 0 Å². The van der Waals surface area contributed by atoms with Gasteiger partial charge < -0.3 is 14.8 Å². The fourth-order valence-corrected chi connectivity index (χ4v) is 4.15. The highest BCUT2D eigenvalue weighted by atomic mass is 32.2. The number of nitrogens with one attached hydrogen (secondary N) is 3. The zero-order chi connectivity index (χ0) is 17.6. The third kappa shape index (κ3) is 5.27. The SMILES string of the molecule is COc1ccc(CCNC(=O)NN[C@@H]2CCS(=O)(=O)C2)cc1OC. The van der Waals surface area contributed by atoms with Crippen LogP contribution in [0.2, 0.25) is 0 Å². The summed E-state index contributed by atoms with van der Waals surface area (Å²) in [5.41, 5.74) is 6.22. The lowest BCUT2D eigenvalue weighted by atomic mass is 10.1. The Hall–Kier alpha value is -2.00. The normalized spacial score (nSPS) is 18.8. The summed E-state index contributed by atoms with van der Waals surface area (Å²) >= 11 is 0. The predicted molar refractivity (Wildman–Crippen MR) is 90.0 cm³/mol. The van der Waals surface area contributed by atoms with E-state index < -0.39 is 9.84 Å². The number of hydrogen-bond acceptors (Lipinski definition) is 6. The van der Waals surface area contributed by atoms with Crippen molar-refractivity contribution in [3.05, 3.63) is 23.8 Å². The first-order chi connectivity index (χ1) is 11.4. The number of ether oxygens (including phenoxy) is 2. The number of carbonyl (C=O) groups is 1. The van der Waals surface area contributed by atoms with Crippen molar-refractivity contribution in [2.75, 3.05) is 32.3 Å². The molecule has 0 unspecified atom stereocenters. The van der Waals surface area contributed by atoms with Crippen molar-refractivity contribution < 1.29 is 22.7 Å². The first-order valence-electron chi connectivity index (χ1n) is 7.64. The Morgan fingerprint density at radius 3 is 2.62 bits per heavy atom. The van der Waals surface area contributed by atoms with Gasteiger partial charge in [-0.3, -0.25) is 5.43 Å². The van der Waals surface area contributed by atoms with Crippen molar-refractivity contribution in [3.63, 3.8) is 0 Å². The highest BCUT2D eigenvalue weighted by Gasteiger charge is 2.27. The topological polar surface area (TPSA) is 106 Å². The third-order valence-corrected chi connectivity index (χ3v) is 5.54. The van der Waals surface area contributed by atoms with Crippen LogP contribution in [0.15, 0.2) is 18.2 Å². The maximum absolute atomic E-state index is 11.7. The Balaban J connectivity index is 1.71. The molecule has 2 rings (SSSR count). The molecular formula is C15H23N3O5S. The van der Waals surface area contributed by atoms with Crippen LogP contribution in [0.4, 0.5) is 4.79 Å². The monoisotopic (exact) mass is 357 g/mol. The lowest BCUT2D eigenvalue weighted by molar-refractivity contribution is 0.234. The maximum Gasteiger partial charge on any atom is 0.329 e. The van der Waals surface area contributed by atoms with Crippen molar-refractivity contribution >= 4 is 15.9 Å². The van der Waals surface area contributed by atoms with Crippen LogP contribution in [-0.4, -0.2) is 52.8 Å². The fourth-order valence-electron chi connectivity index (χ4n) is 2.48. The van der Waals surface area contributed by atoms with Gasteiger partial charge in [-0.05, 0) is 30.5 Å². The number of benzene rings is 1. The number of rotatable bonds is 7. The molecule has 1 aromatic rings. The molecule has 134 valence electrons. The van der Waals surface area contributed by atoms with Crippen LogP contribution in [0.1, 0.15) is 12.0 Å². The molecule has 1 heterocycles. The van der Waals surface area contributed by atoms with Gasteiger partial charge in [-0.1, -0.05) is 6.07 Å². The van der Waals surface area contributed by atoms with E-state index in [1.54, 1.807) is 14.2 Å². The van der Waals surface area contributed by atoms with Crippen molar-refractivity contribution in [1.82, 2.24) is 16.2 Å². The summed E-state index contributed by atoms with van der Waals surface area (Å²) in [6, 6.07) is 4.96. The Morgan fingerprint density at radius 1 is 1.25 bits per heavy atom. The number of hydrogen-bond donors (Lipinski definition) is 3. The number of amides is 2. The minimum atomic E-state index is -2.97. The van der Waals surface area contributed by atoms with Crippen LogP contribution in [0.3, 0.4) is 0 Å². The second kappa shape index (κ2) is 8.20. The molecule has 0 spiro atoms. The largest absolute Gasteiger partial charge is 0.493 e. The molecule has 3 N–H and O–H groups in total. The second-order valence-corrected chi connectivity index (χ2v) is 7.79. The minimum Gasteiger partial charge on any atom is -0.493 e. The zero-order valence-corrected chi connectivity index (χ0v) is 14.6. The van der Waals surface area contributed by atoms with Crippen molar-refractivity contribution in [1.29, 1.82) is 0 Å². The number of hydrazine groups is 1. The molecule has 2 amide bonds. The van der Waals surface area contributed by atoms with Crippen molar-refractivity contribution in [3.8, 4) is 11.5 Å². The Labute approximate surface area is 141 Å². The first kappa shape index (κ1) is 18.3. The van der Waals surface area contributed by atoms with E-state index in [1.807, 2.05) is 18.2 Å². The van der Waals surface area contributed by atoms with Crippen molar-refractivity contribution in [2.45, 2.75) is 18.9 Å². The van der Waals surface area contributed by atoms with Crippen LogP contribution in [-0.2, 0) is 16.3 Å². The third-order valence-electron chi connectivity index (χ3n) is 3.77. The zero-order valence-electron chi connectivity index (χ0n) is 13.8. The summed E-state index contributed by atoms with van der Waals surface area (Å²) in [7, 11) is 0.182. The molecule has 1 aliphatic rings. The van der Waals surface area contributed by atoms with E-state index in [1.165, 1.54) is 0 Å². The van der Waals surface area contributed by atoms with Crippen LogP contribution >= 0.6 is 0 Å². The lowest BCUT2D eigenvalue weighted by Crippen LogP contribution is -2.49. The smallest absolute Gasteiger partial charge is 0.329 e. The van der Waals surface area contributed by atoms with Gasteiger partial charge in [0.1, 0.15) is 0 Å². The first-order valence-corrected chi connectivity index (χ1v) is 9.46. The van der Waals surface area contributed by atoms with E-state index in [0.717, 1.165) is 5.56 Å². The average molecular weight is 357 g/mol. The molecule has 0 aromatic heterocycles. The molecule has 1 aromatic carbocycles. The summed E-state index contributed by atoms with van der Waals surface area (Å²) in [4.78, 5) is 11.7.